The maximum absolute atomic E-state index is 5.66. The van der Waals surface area contributed by atoms with Gasteiger partial charge >= 0.3 is 0 Å². The van der Waals surface area contributed by atoms with Gasteiger partial charge in [-0.2, -0.15) is 0 Å². The lowest BCUT2D eigenvalue weighted by molar-refractivity contribution is 0.639. The quantitative estimate of drug-likeness (QED) is 0.741. The van der Waals surface area contributed by atoms with Gasteiger partial charge in [-0.05, 0) is 29.0 Å². The van der Waals surface area contributed by atoms with Gasteiger partial charge in [-0.25, -0.2) is 0 Å². The molecule has 0 spiro atoms. The molecule has 0 amide bonds. The second-order valence-corrected chi connectivity index (χ2v) is 3.61. The van der Waals surface area contributed by atoms with Crippen LogP contribution in [0, 0.1) is 0 Å². The van der Waals surface area contributed by atoms with Crippen LogP contribution in [-0.2, 0) is 0 Å². The fourth-order valence-corrected chi connectivity index (χ4v) is 1.53. The summed E-state index contributed by atoms with van der Waals surface area (Å²) in [5.41, 5.74) is 6.29. The average molecular weight is 221 g/mol. The Labute approximate surface area is 93.0 Å². The molecule has 16 heavy (non-hydrogen) atoms. The van der Waals surface area contributed by atoms with Gasteiger partial charge in [0.05, 0.1) is 0 Å². The molecule has 2 heterocycles. The summed E-state index contributed by atoms with van der Waals surface area (Å²) in [6.07, 6.45) is 2.10. The van der Waals surface area contributed by atoms with Crippen LogP contribution in [0.5, 0.6) is 0 Å². The molecule has 0 aromatic carbocycles. The molecule has 2 rings (SSSR count). The zero-order chi connectivity index (χ0) is 11.4. The third kappa shape index (κ3) is 2.25. The first-order valence-electron chi connectivity index (χ1n) is 5.35. The van der Waals surface area contributed by atoms with Crippen LogP contribution < -0.4 is 11.1 Å². The lowest BCUT2D eigenvalue weighted by Crippen LogP contribution is -2.29. The molecule has 7 heteroatoms. The molecule has 7 nitrogen and oxygen atoms in total. The van der Waals surface area contributed by atoms with Gasteiger partial charge in [-0.1, -0.05) is 13.3 Å². The minimum Gasteiger partial charge on any atom is -0.365 e. The van der Waals surface area contributed by atoms with Crippen LogP contribution >= 0.6 is 0 Å². The number of hydrogen-bond donors (Lipinski definition) is 2. The van der Waals surface area contributed by atoms with Crippen LogP contribution in [0.4, 0.5) is 5.82 Å². The van der Waals surface area contributed by atoms with Crippen molar-refractivity contribution in [3.8, 4) is 0 Å². The number of tetrazole rings is 1. The van der Waals surface area contributed by atoms with Crippen LogP contribution in [-0.4, -0.2) is 37.8 Å². The second-order valence-electron chi connectivity index (χ2n) is 3.61. The molecule has 0 saturated heterocycles. The third-order valence-electron chi connectivity index (χ3n) is 2.34. The molecular weight excluding hydrogens is 206 g/mol. The van der Waals surface area contributed by atoms with Crippen LogP contribution in [0.15, 0.2) is 12.1 Å². The number of anilines is 1. The second kappa shape index (κ2) is 4.84. The monoisotopic (exact) mass is 221 g/mol. The molecule has 0 aliphatic carbocycles. The van der Waals surface area contributed by atoms with Crippen LogP contribution in [0.3, 0.4) is 0 Å². The van der Waals surface area contributed by atoms with Gasteiger partial charge in [0.15, 0.2) is 5.65 Å². The van der Waals surface area contributed by atoms with Crippen molar-refractivity contribution in [3.05, 3.63) is 12.1 Å². The molecule has 3 N–H and O–H groups in total. The summed E-state index contributed by atoms with van der Waals surface area (Å²) in [5.74, 6) is 0.740. The fraction of sp³-hybridized carbons (Fsp3) is 0.556. The van der Waals surface area contributed by atoms with Gasteiger partial charge in [0.1, 0.15) is 5.82 Å². The summed E-state index contributed by atoms with van der Waals surface area (Å²) < 4.78 is 1.39. The molecule has 2 aromatic rings. The third-order valence-corrected chi connectivity index (χ3v) is 2.34. The highest BCUT2D eigenvalue weighted by Crippen LogP contribution is 2.07. The van der Waals surface area contributed by atoms with Crippen molar-refractivity contribution < 1.29 is 0 Å². The van der Waals surface area contributed by atoms with Crippen molar-refractivity contribution in [3.63, 3.8) is 0 Å². The number of aromatic nitrogens is 5. The minimum atomic E-state index is 0.242. The van der Waals surface area contributed by atoms with Crippen molar-refractivity contribution >= 4 is 11.5 Å². The van der Waals surface area contributed by atoms with E-state index in [0.29, 0.717) is 12.2 Å². The summed E-state index contributed by atoms with van der Waals surface area (Å²) in [7, 11) is 0. The van der Waals surface area contributed by atoms with Gasteiger partial charge < -0.3 is 11.1 Å². The Morgan fingerprint density at radius 1 is 1.50 bits per heavy atom. The van der Waals surface area contributed by atoms with E-state index >= 15 is 0 Å². The summed E-state index contributed by atoms with van der Waals surface area (Å²) in [6.45, 7) is 2.71. The number of fused-ring (bicyclic) bond motifs is 1. The maximum Gasteiger partial charge on any atom is 0.200 e. The Kier molecular flexibility index (Phi) is 3.25. The molecule has 1 atom stereocenters. The molecule has 1 unspecified atom stereocenters. The Hall–Kier alpha value is -1.76. The zero-order valence-electron chi connectivity index (χ0n) is 9.17. The van der Waals surface area contributed by atoms with Crippen LogP contribution in [0.1, 0.15) is 19.8 Å². The van der Waals surface area contributed by atoms with Crippen molar-refractivity contribution in [1.82, 2.24) is 25.3 Å². The van der Waals surface area contributed by atoms with Gasteiger partial charge in [0.25, 0.3) is 0 Å². The Bertz CT molecular complexity index is 452. The lowest BCUT2D eigenvalue weighted by Gasteiger charge is -2.15. The zero-order valence-corrected chi connectivity index (χ0v) is 9.17. The highest BCUT2D eigenvalue weighted by atomic mass is 15.6. The first kappa shape index (κ1) is 10.7. The fourth-order valence-electron chi connectivity index (χ4n) is 1.53. The molecular formula is C9H15N7. The molecule has 0 aliphatic rings. The van der Waals surface area contributed by atoms with E-state index in [0.717, 1.165) is 18.7 Å². The van der Waals surface area contributed by atoms with Crippen molar-refractivity contribution in [2.75, 3.05) is 11.9 Å². The first-order valence-corrected chi connectivity index (χ1v) is 5.35. The predicted molar refractivity (Wildman–Crippen MR) is 60.0 cm³/mol. The standard InChI is InChI=1S/C9H15N7/c1-2-3-7(6-10)11-8-4-5-9-12-14-15-16(9)13-8/h4-5,7H,2-3,6,10H2,1H3,(H,11,13). The first-order chi connectivity index (χ1) is 7.83. The van der Waals surface area contributed by atoms with Gasteiger partial charge in [0, 0.05) is 12.6 Å². The topological polar surface area (TPSA) is 94.0 Å². The molecule has 2 aromatic heterocycles. The van der Waals surface area contributed by atoms with Crippen molar-refractivity contribution in [2.45, 2.75) is 25.8 Å². The molecule has 86 valence electrons. The van der Waals surface area contributed by atoms with Gasteiger partial charge in [-0.3, -0.25) is 0 Å². The summed E-state index contributed by atoms with van der Waals surface area (Å²) in [5, 5.41) is 18.5. The van der Waals surface area contributed by atoms with Crippen molar-refractivity contribution in [2.24, 2.45) is 5.73 Å². The van der Waals surface area contributed by atoms with E-state index in [9.17, 15) is 0 Å². The smallest absolute Gasteiger partial charge is 0.200 e. The molecule has 0 radical (unpaired) electrons. The minimum absolute atomic E-state index is 0.242. The van der Waals surface area contributed by atoms with E-state index in [4.69, 9.17) is 5.73 Å². The maximum atomic E-state index is 5.66. The summed E-state index contributed by atoms with van der Waals surface area (Å²) in [6, 6.07) is 3.91. The Morgan fingerprint density at radius 3 is 3.12 bits per heavy atom. The SMILES string of the molecule is CCCC(CN)Nc1ccc2nnnn2n1. The number of nitrogens with two attached hydrogens (primary N) is 1. The highest BCUT2D eigenvalue weighted by Gasteiger charge is 2.07. The van der Waals surface area contributed by atoms with E-state index in [1.54, 1.807) is 0 Å². The Morgan fingerprint density at radius 2 is 2.38 bits per heavy atom. The largest absolute Gasteiger partial charge is 0.365 e. The number of hydrogen-bond acceptors (Lipinski definition) is 6. The molecule has 0 bridgehead atoms. The number of rotatable bonds is 5. The van der Waals surface area contributed by atoms with E-state index in [-0.39, 0.29) is 6.04 Å². The Balaban J connectivity index is 2.13. The van der Waals surface area contributed by atoms with Crippen molar-refractivity contribution in [1.29, 1.82) is 0 Å². The lowest BCUT2D eigenvalue weighted by atomic mass is 10.2. The van der Waals surface area contributed by atoms with E-state index in [1.807, 2.05) is 12.1 Å². The van der Waals surface area contributed by atoms with Gasteiger partial charge in [0.2, 0.25) is 0 Å². The van der Waals surface area contributed by atoms with E-state index in [1.165, 1.54) is 4.63 Å². The van der Waals surface area contributed by atoms with E-state index < -0.39 is 0 Å². The molecule has 0 saturated carbocycles. The van der Waals surface area contributed by atoms with Gasteiger partial charge in [-0.15, -0.1) is 14.8 Å². The van der Waals surface area contributed by atoms with Crippen LogP contribution in [0.25, 0.3) is 5.65 Å². The molecule has 0 aliphatic heterocycles. The predicted octanol–water partition coefficient (Wildman–Crippen LogP) is 0.0586. The number of nitrogens with one attached hydrogen (secondary N) is 1. The average Bonchev–Trinajstić information content (AvgIpc) is 2.75. The number of nitrogens with zero attached hydrogens (tertiary/aromatic N) is 5. The molecule has 0 fully saturated rings. The summed E-state index contributed by atoms with van der Waals surface area (Å²) in [4.78, 5) is 0. The highest BCUT2D eigenvalue weighted by molar-refractivity contribution is 5.42. The van der Waals surface area contributed by atoms with E-state index in [2.05, 4.69) is 32.9 Å². The normalized spacial score (nSPS) is 12.9. The summed E-state index contributed by atoms with van der Waals surface area (Å²) >= 11 is 0. The van der Waals surface area contributed by atoms with Crippen LogP contribution in [0.2, 0.25) is 0 Å².